The molecule has 1 aromatic rings. The summed E-state index contributed by atoms with van der Waals surface area (Å²) in [6, 6.07) is 5.10. The predicted octanol–water partition coefficient (Wildman–Crippen LogP) is 1.93. The zero-order valence-corrected chi connectivity index (χ0v) is 10.0. The van der Waals surface area contributed by atoms with Gasteiger partial charge in [0.1, 0.15) is 5.82 Å². The first kappa shape index (κ1) is 12.3. The normalized spacial score (nSPS) is 17.1. The van der Waals surface area contributed by atoms with E-state index in [0.29, 0.717) is 11.3 Å². The molecule has 0 atom stereocenters. The van der Waals surface area contributed by atoms with Crippen molar-refractivity contribution in [1.29, 1.82) is 0 Å². The number of nitrogens with zero attached hydrogens (tertiary/aromatic N) is 1. The van der Waals surface area contributed by atoms with Gasteiger partial charge in [0.25, 0.3) is 0 Å². The van der Waals surface area contributed by atoms with Crippen molar-refractivity contribution in [3.05, 3.63) is 29.6 Å². The molecule has 1 fully saturated rings. The summed E-state index contributed by atoms with van der Waals surface area (Å²) in [5, 5.41) is 9.27. The number of para-hydroxylation sites is 1. The molecule has 0 spiro atoms. The van der Waals surface area contributed by atoms with Crippen LogP contribution in [0.15, 0.2) is 18.2 Å². The molecule has 1 N–H and O–H groups in total. The van der Waals surface area contributed by atoms with E-state index < -0.39 is 0 Å². The minimum atomic E-state index is -0.273. The zero-order valence-electron chi connectivity index (χ0n) is 10.0. The van der Waals surface area contributed by atoms with Crippen molar-refractivity contribution in [2.24, 2.45) is 0 Å². The summed E-state index contributed by atoms with van der Waals surface area (Å²) in [6.07, 6.45) is 1.80. The van der Waals surface area contributed by atoms with Crippen molar-refractivity contribution in [3.63, 3.8) is 0 Å². The highest BCUT2D eigenvalue weighted by Gasteiger charge is 2.22. The van der Waals surface area contributed by atoms with Gasteiger partial charge in [0.05, 0.1) is 12.3 Å². The molecular formula is C13H18FNO2. The van der Waals surface area contributed by atoms with Crippen molar-refractivity contribution in [3.8, 4) is 0 Å². The summed E-state index contributed by atoms with van der Waals surface area (Å²) < 4.78 is 19.2. The molecule has 1 aromatic carbocycles. The van der Waals surface area contributed by atoms with Crippen LogP contribution in [-0.4, -0.2) is 31.4 Å². The van der Waals surface area contributed by atoms with Crippen LogP contribution in [0.25, 0.3) is 0 Å². The third kappa shape index (κ3) is 2.58. The first-order valence-electron chi connectivity index (χ1n) is 5.93. The van der Waals surface area contributed by atoms with Gasteiger partial charge in [-0.3, -0.25) is 0 Å². The molecular weight excluding hydrogens is 221 g/mol. The van der Waals surface area contributed by atoms with Gasteiger partial charge in [-0.2, -0.15) is 0 Å². The first-order valence-corrected chi connectivity index (χ1v) is 5.93. The molecule has 1 aliphatic heterocycles. The Morgan fingerprint density at radius 3 is 2.76 bits per heavy atom. The van der Waals surface area contributed by atoms with Gasteiger partial charge in [-0.1, -0.05) is 12.1 Å². The second-order valence-electron chi connectivity index (χ2n) is 4.36. The lowest BCUT2D eigenvalue weighted by Gasteiger charge is -2.34. The van der Waals surface area contributed by atoms with Crippen molar-refractivity contribution in [2.45, 2.75) is 25.5 Å². The third-order valence-electron chi connectivity index (χ3n) is 3.33. The molecule has 3 nitrogen and oxygen atoms in total. The summed E-state index contributed by atoms with van der Waals surface area (Å²) in [7, 11) is 1.88. The maximum absolute atomic E-state index is 13.9. The van der Waals surface area contributed by atoms with Gasteiger partial charge in [0.15, 0.2) is 0 Å². The van der Waals surface area contributed by atoms with Crippen LogP contribution < -0.4 is 4.90 Å². The van der Waals surface area contributed by atoms with Crippen LogP contribution in [0.1, 0.15) is 18.4 Å². The Morgan fingerprint density at radius 2 is 2.12 bits per heavy atom. The number of aliphatic hydroxyl groups is 1. The van der Waals surface area contributed by atoms with Crippen LogP contribution in [0.2, 0.25) is 0 Å². The van der Waals surface area contributed by atoms with E-state index in [0.717, 1.165) is 26.1 Å². The molecule has 1 aliphatic rings. The summed E-state index contributed by atoms with van der Waals surface area (Å²) in [5.41, 5.74) is 1.15. The largest absolute Gasteiger partial charge is 0.392 e. The summed E-state index contributed by atoms with van der Waals surface area (Å²) in [6.45, 7) is 1.30. The number of halogens is 1. The Bertz CT molecular complexity index is 378. The van der Waals surface area contributed by atoms with Gasteiger partial charge >= 0.3 is 0 Å². The maximum Gasteiger partial charge on any atom is 0.146 e. The number of benzene rings is 1. The molecule has 0 radical (unpaired) electrons. The molecule has 0 bridgehead atoms. The van der Waals surface area contributed by atoms with E-state index in [1.54, 1.807) is 12.1 Å². The minimum absolute atomic E-state index is 0.138. The Kier molecular flexibility index (Phi) is 3.97. The van der Waals surface area contributed by atoms with E-state index >= 15 is 0 Å². The fourth-order valence-electron chi connectivity index (χ4n) is 2.34. The van der Waals surface area contributed by atoms with Crippen LogP contribution in [0.3, 0.4) is 0 Å². The van der Waals surface area contributed by atoms with Crippen LogP contribution in [0.4, 0.5) is 10.1 Å². The van der Waals surface area contributed by atoms with E-state index in [9.17, 15) is 9.50 Å². The minimum Gasteiger partial charge on any atom is -0.392 e. The maximum atomic E-state index is 13.9. The predicted molar refractivity (Wildman–Crippen MR) is 64.6 cm³/mol. The highest BCUT2D eigenvalue weighted by molar-refractivity contribution is 5.54. The van der Waals surface area contributed by atoms with Crippen LogP contribution >= 0.6 is 0 Å². The van der Waals surface area contributed by atoms with Crippen LogP contribution in [0.5, 0.6) is 0 Å². The number of hydrogen-bond acceptors (Lipinski definition) is 3. The number of ether oxygens (including phenoxy) is 1. The molecule has 0 amide bonds. The SMILES string of the molecule is CN(c1c(F)cccc1CO)C1CCOCC1. The molecule has 0 aliphatic carbocycles. The number of anilines is 1. The van der Waals surface area contributed by atoms with Crippen molar-refractivity contribution < 1.29 is 14.2 Å². The fraction of sp³-hybridized carbons (Fsp3) is 0.538. The van der Waals surface area contributed by atoms with Gasteiger partial charge < -0.3 is 14.7 Å². The smallest absolute Gasteiger partial charge is 0.146 e. The number of aliphatic hydroxyl groups excluding tert-OH is 1. The van der Waals surface area contributed by atoms with Gasteiger partial charge in [-0.25, -0.2) is 4.39 Å². The van der Waals surface area contributed by atoms with Gasteiger partial charge in [0, 0.05) is 31.9 Å². The zero-order chi connectivity index (χ0) is 12.3. The number of hydrogen-bond donors (Lipinski definition) is 1. The lowest BCUT2D eigenvalue weighted by atomic mass is 10.0. The molecule has 4 heteroatoms. The molecule has 1 saturated heterocycles. The van der Waals surface area contributed by atoms with E-state index in [4.69, 9.17) is 4.74 Å². The van der Waals surface area contributed by atoms with Gasteiger partial charge in [-0.05, 0) is 18.9 Å². The molecule has 2 rings (SSSR count). The van der Waals surface area contributed by atoms with Crippen molar-refractivity contribution >= 4 is 5.69 Å². The summed E-state index contributed by atoms with van der Waals surface area (Å²) in [5.74, 6) is -0.273. The molecule has 0 unspecified atom stereocenters. The van der Waals surface area contributed by atoms with E-state index in [-0.39, 0.29) is 18.5 Å². The average molecular weight is 239 g/mol. The van der Waals surface area contributed by atoms with Gasteiger partial charge in [0.2, 0.25) is 0 Å². The molecule has 0 saturated carbocycles. The second-order valence-corrected chi connectivity index (χ2v) is 4.36. The van der Waals surface area contributed by atoms with E-state index in [2.05, 4.69) is 0 Å². The highest BCUT2D eigenvalue weighted by atomic mass is 19.1. The fourth-order valence-corrected chi connectivity index (χ4v) is 2.34. The van der Waals surface area contributed by atoms with Crippen LogP contribution in [0, 0.1) is 5.82 Å². The summed E-state index contributed by atoms with van der Waals surface area (Å²) in [4.78, 5) is 1.93. The molecule has 0 aromatic heterocycles. The Labute approximate surface area is 101 Å². The topological polar surface area (TPSA) is 32.7 Å². The van der Waals surface area contributed by atoms with Crippen LogP contribution in [-0.2, 0) is 11.3 Å². The Morgan fingerprint density at radius 1 is 1.41 bits per heavy atom. The Hall–Kier alpha value is -1.13. The summed E-state index contributed by atoms with van der Waals surface area (Å²) >= 11 is 0. The highest BCUT2D eigenvalue weighted by Crippen LogP contribution is 2.27. The monoisotopic (exact) mass is 239 g/mol. The quantitative estimate of drug-likeness (QED) is 0.875. The average Bonchev–Trinajstić information content (AvgIpc) is 2.38. The van der Waals surface area contributed by atoms with Crippen molar-refractivity contribution in [1.82, 2.24) is 0 Å². The molecule has 1 heterocycles. The van der Waals surface area contributed by atoms with Crippen molar-refractivity contribution in [2.75, 3.05) is 25.2 Å². The molecule has 17 heavy (non-hydrogen) atoms. The third-order valence-corrected chi connectivity index (χ3v) is 3.33. The van der Waals surface area contributed by atoms with E-state index in [1.807, 2.05) is 11.9 Å². The van der Waals surface area contributed by atoms with E-state index in [1.165, 1.54) is 6.07 Å². The Balaban J connectivity index is 2.25. The molecule has 94 valence electrons. The second kappa shape index (κ2) is 5.47. The van der Waals surface area contributed by atoms with Gasteiger partial charge in [-0.15, -0.1) is 0 Å². The number of rotatable bonds is 3. The lowest BCUT2D eigenvalue weighted by molar-refractivity contribution is 0.0853. The standard InChI is InChI=1S/C13H18FNO2/c1-15(11-5-7-17-8-6-11)13-10(9-16)3-2-4-12(13)14/h2-4,11,16H,5-9H2,1H3. The lowest BCUT2D eigenvalue weighted by Crippen LogP contribution is -2.37. The first-order chi connectivity index (χ1) is 8.24.